The van der Waals surface area contributed by atoms with Gasteiger partial charge in [-0.3, -0.25) is 14.5 Å². The minimum Gasteiger partial charge on any atom is -0.497 e. The molecule has 2 amide bonds. The minimum absolute atomic E-state index is 0.0500. The number of amides is 2. The largest absolute Gasteiger partial charge is 0.497 e. The molecule has 168 valence electrons. The molecule has 2 N–H and O–H groups in total. The first kappa shape index (κ1) is 24.0. The quantitative estimate of drug-likeness (QED) is 0.569. The topological polar surface area (TPSA) is 89.1 Å². The van der Waals surface area contributed by atoms with E-state index in [1.54, 1.807) is 68.4 Å². The van der Waals surface area contributed by atoms with E-state index >= 15 is 0 Å². The summed E-state index contributed by atoms with van der Waals surface area (Å²) in [5.74, 6) is 1.46. The van der Waals surface area contributed by atoms with Crippen LogP contribution in [0, 0.1) is 0 Å². The third-order valence-electron chi connectivity index (χ3n) is 4.62. The smallest absolute Gasteiger partial charge is 0.241 e. The Balaban J connectivity index is 1.93. The zero-order chi connectivity index (χ0) is 22.8. The first-order valence-corrected chi connectivity index (χ1v) is 10.2. The summed E-state index contributed by atoms with van der Waals surface area (Å²) < 4.78 is 16.2. The van der Waals surface area contributed by atoms with E-state index in [1.807, 2.05) is 13.8 Å². The van der Waals surface area contributed by atoms with Crippen molar-refractivity contribution in [1.29, 1.82) is 0 Å². The monoisotopic (exact) mass is 429 g/mol. The Morgan fingerprint density at radius 1 is 0.935 bits per heavy atom. The Morgan fingerprint density at radius 3 is 2.16 bits per heavy atom. The van der Waals surface area contributed by atoms with Crippen LogP contribution in [0.2, 0.25) is 0 Å². The lowest BCUT2D eigenvalue weighted by molar-refractivity contribution is -0.122. The van der Waals surface area contributed by atoms with Crippen molar-refractivity contribution < 1.29 is 23.8 Å². The number of carbonyl (C=O) groups excluding carboxylic acids is 2. The van der Waals surface area contributed by atoms with Crippen molar-refractivity contribution >= 4 is 23.2 Å². The molecule has 2 aromatic rings. The number of methoxy groups -OCH3 is 1. The Morgan fingerprint density at radius 2 is 1.55 bits per heavy atom. The summed E-state index contributed by atoms with van der Waals surface area (Å²) >= 11 is 0. The molecule has 0 saturated heterocycles. The maximum atomic E-state index is 12.5. The third kappa shape index (κ3) is 7.18. The second-order valence-electron chi connectivity index (χ2n) is 6.88. The number of ether oxygens (including phenoxy) is 3. The van der Waals surface area contributed by atoms with Gasteiger partial charge in [0.15, 0.2) is 11.5 Å². The van der Waals surface area contributed by atoms with Crippen LogP contribution < -0.4 is 24.8 Å². The van der Waals surface area contributed by atoms with Crippen LogP contribution in [0.15, 0.2) is 42.5 Å². The highest BCUT2D eigenvalue weighted by Gasteiger charge is 2.20. The molecule has 1 atom stereocenters. The summed E-state index contributed by atoms with van der Waals surface area (Å²) in [4.78, 5) is 26.7. The Kier molecular flexibility index (Phi) is 9.14. The number of nitrogens with one attached hydrogen (secondary N) is 2. The van der Waals surface area contributed by atoms with Gasteiger partial charge in [-0.1, -0.05) is 0 Å². The SMILES string of the molecule is CCOc1ccc(NC(=O)CN(C)C(C)C(=O)Nc2ccc(OC)cc2)cc1OCC. The molecule has 0 radical (unpaired) electrons. The molecule has 0 heterocycles. The van der Waals surface area contributed by atoms with Gasteiger partial charge in [0.1, 0.15) is 5.75 Å². The van der Waals surface area contributed by atoms with Crippen LogP contribution in [0.4, 0.5) is 11.4 Å². The fourth-order valence-electron chi connectivity index (χ4n) is 2.81. The first-order valence-electron chi connectivity index (χ1n) is 10.2. The molecule has 0 aliphatic heterocycles. The molecule has 0 aliphatic rings. The van der Waals surface area contributed by atoms with Gasteiger partial charge in [0.2, 0.25) is 11.8 Å². The number of anilines is 2. The van der Waals surface area contributed by atoms with Crippen molar-refractivity contribution in [1.82, 2.24) is 4.90 Å². The molecular formula is C23H31N3O5. The van der Waals surface area contributed by atoms with Crippen LogP contribution in [-0.4, -0.2) is 56.7 Å². The summed E-state index contributed by atoms with van der Waals surface area (Å²) in [5, 5.41) is 5.67. The van der Waals surface area contributed by atoms with E-state index in [-0.39, 0.29) is 18.4 Å². The highest BCUT2D eigenvalue weighted by Crippen LogP contribution is 2.30. The summed E-state index contributed by atoms with van der Waals surface area (Å²) in [6.45, 7) is 6.58. The Bertz CT molecular complexity index is 870. The van der Waals surface area contributed by atoms with Crippen LogP contribution >= 0.6 is 0 Å². The standard InChI is InChI=1S/C23H31N3O5/c1-6-30-20-13-10-18(14-21(20)31-7-2)24-22(27)15-26(4)16(3)23(28)25-17-8-11-19(29-5)12-9-17/h8-14,16H,6-7,15H2,1-5H3,(H,24,27)(H,25,28). The molecular weight excluding hydrogens is 398 g/mol. The van der Waals surface area contributed by atoms with Gasteiger partial charge in [-0.15, -0.1) is 0 Å². The van der Waals surface area contributed by atoms with Gasteiger partial charge in [0.25, 0.3) is 0 Å². The van der Waals surface area contributed by atoms with Crippen molar-refractivity contribution in [3.63, 3.8) is 0 Å². The Hall–Kier alpha value is -3.26. The van der Waals surface area contributed by atoms with Gasteiger partial charge >= 0.3 is 0 Å². The molecule has 0 aliphatic carbocycles. The highest BCUT2D eigenvalue weighted by molar-refractivity contribution is 5.96. The molecule has 8 heteroatoms. The number of rotatable bonds is 11. The van der Waals surface area contributed by atoms with E-state index in [0.717, 1.165) is 0 Å². The van der Waals surface area contributed by atoms with E-state index in [1.165, 1.54) is 0 Å². The number of benzene rings is 2. The second kappa shape index (κ2) is 11.8. The van der Waals surface area contributed by atoms with Crippen molar-refractivity contribution in [2.75, 3.05) is 44.5 Å². The van der Waals surface area contributed by atoms with Crippen molar-refractivity contribution in [3.05, 3.63) is 42.5 Å². The number of carbonyl (C=O) groups is 2. The van der Waals surface area contributed by atoms with E-state index in [4.69, 9.17) is 14.2 Å². The predicted octanol–water partition coefficient (Wildman–Crippen LogP) is 3.39. The molecule has 2 aromatic carbocycles. The predicted molar refractivity (Wildman–Crippen MR) is 121 cm³/mol. The summed E-state index contributed by atoms with van der Waals surface area (Å²) in [7, 11) is 3.31. The molecule has 0 fully saturated rings. The highest BCUT2D eigenvalue weighted by atomic mass is 16.5. The normalized spacial score (nSPS) is 11.5. The molecule has 8 nitrogen and oxygen atoms in total. The number of likely N-dealkylation sites (N-methyl/N-ethyl adjacent to an activating group) is 1. The van der Waals surface area contributed by atoms with Crippen molar-refractivity contribution in [2.45, 2.75) is 26.8 Å². The maximum absolute atomic E-state index is 12.5. The fourth-order valence-corrected chi connectivity index (χ4v) is 2.81. The molecule has 0 aromatic heterocycles. The number of hydrogen-bond acceptors (Lipinski definition) is 6. The lowest BCUT2D eigenvalue weighted by Crippen LogP contribution is -2.43. The van der Waals surface area contributed by atoms with Crippen molar-refractivity contribution in [3.8, 4) is 17.2 Å². The first-order chi connectivity index (χ1) is 14.9. The summed E-state index contributed by atoms with van der Waals surface area (Å²) in [6, 6.07) is 11.8. The zero-order valence-electron chi connectivity index (χ0n) is 18.7. The van der Waals surface area contributed by atoms with Crippen LogP contribution in [0.5, 0.6) is 17.2 Å². The van der Waals surface area contributed by atoms with Crippen LogP contribution in [0.25, 0.3) is 0 Å². The van der Waals surface area contributed by atoms with Gasteiger partial charge in [0, 0.05) is 17.4 Å². The lowest BCUT2D eigenvalue weighted by atomic mass is 10.2. The molecule has 0 bridgehead atoms. The Labute approximate surface area is 183 Å². The minimum atomic E-state index is -0.507. The van der Waals surface area contributed by atoms with Crippen LogP contribution in [0.1, 0.15) is 20.8 Å². The van der Waals surface area contributed by atoms with Gasteiger partial charge in [-0.05, 0) is 64.2 Å². The fraction of sp³-hybridized carbons (Fsp3) is 0.391. The van der Waals surface area contributed by atoms with Gasteiger partial charge in [0.05, 0.1) is 32.9 Å². The van der Waals surface area contributed by atoms with E-state index in [2.05, 4.69) is 10.6 Å². The maximum Gasteiger partial charge on any atom is 0.241 e. The summed E-state index contributed by atoms with van der Waals surface area (Å²) in [6.07, 6.45) is 0. The average Bonchev–Trinajstić information content (AvgIpc) is 2.75. The third-order valence-corrected chi connectivity index (χ3v) is 4.62. The molecule has 0 spiro atoms. The van der Waals surface area contributed by atoms with Gasteiger partial charge in [-0.25, -0.2) is 0 Å². The second-order valence-corrected chi connectivity index (χ2v) is 6.88. The lowest BCUT2D eigenvalue weighted by Gasteiger charge is -2.23. The molecule has 0 saturated carbocycles. The zero-order valence-corrected chi connectivity index (χ0v) is 18.7. The number of nitrogens with zero attached hydrogens (tertiary/aromatic N) is 1. The van der Waals surface area contributed by atoms with E-state index in [0.29, 0.717) is 41.8 Å². The molecule has 1 unspecified atom stereocenters. The average molecular weight is 430 g/mol. The van der Waals surface area contributed by atoms with Crippen LogP contribution in [-0.2, 0) is 9.59 Å². The van der Waals surface area contributed by atoms with Crippen LogP contribution in [0.3, 0.4) is 0 Å². The summed E-state index contributed by atoms with van der Waals surface area (Å²) in [5.41, 5.74) is 1.26. The van der Waals surface area contributed by atoms with E-state index in [9.17, 15) is 9.59 Å². The van der Waals surface area contributed by atoms with E-state index < -0.39 is 6.04 Å². The van der Waals surface area contributed by atoms with Gasteiger partial charge in [-0.2, -0.15) is 0 Å². The molecule has 2 rings (SSSR count). The number of hydrogen-bond donors (Lipinski definition) is 2. The van der Waals surface area contributed by atoms with Gasteiger partial charge < -0.3 is 24.8 Å². The molecule has 31 heavy (non-hydrogen) atoms. The van der Waals surface area contributed by atoms with Crippen molar-refractivity contribution in [2.24, 2.45) is 0 Å².